The molecule has 0 aromatic heterocycles. The van der Waals surface area contributed by atoms with Crippen molar-refractivity contribution in [2.45, 2.75) is 45.4 Å². The lowest BCUT2D eigenvalue weighted by Gasteiger charge is -2.38. The normalized spacial score (nSPS) is 25.0. The van der Waals surface area contributed by atoms with Gasteiger partial charge in [-0.05, 0) is 38.7 Å². The van der Waals surface area contributed by atoms with Crippen molar-refractivity contribution >= 4 is 14.0 Å². The third-order valence-electron chi connectivity index (χ3n) is 4.57. The second-order valence-corrected chi connectivity index (χ2v) is 8.20. The van der Waals surface area contributed by atoms with E-state index in [1.165, 1.54) is 0 Å². The molecule has 23 heavy (non-hydrogen) atoms. The first-order chi connectivity index (χ1) is 11.0. The predicted molar refractivity (Wildman–Crippen MR) is 90.1 cm³/mol. The molecule has 1 saturated carbocycles. The van der Waals surface area contributed by atoms with Crippen LogP contribution in [-0.4, -0.2) is 29.8 Å². The summed E-state index contributed by atoms with van der Waals surface area (Å²) in [6.45, 7) is 8.09. The van der Waals surface area contributed by atoms with Gasteiger partial charge < -0.3 is 13.9 Å². The SMILES string of the molecule is CCOP(=O)(OCC)[C@]1(N(C=O)[C@@H](C)c2ccccc2)C[C@H]1C. The number of benzene rings is 1. The molecule has 1 amide bonds. The highest BCUT2D eigenvalue weighted by Gasteiger charge is 2.70. The van der Waals surface area contributed by atoms with E-state index in [0.717, 1.165) is 12.0 Å². The maximum atomic E-state index is 13.4. The fraction of sp³-hybridized carbons (Fsp3) is 0.588. The van der Waals surface area contributed by atoms with E-state index in [1.807, 2.05) is 44.2 Å². The van der Waals surface area contributed by atoms with Crippen molar-refractivity contribution in [2.24, 2.45) is 5.92 Å². The van der Waals surface area contributed by atoms with Crippen LogP contribution in [-0.2, 0) is 18.4 Å². The highest BCUT2D eigenvalue weighted by atomic mass is 31.2. The molecule has 1 aromatic rings. The van der Waals surface area contributed by atoms with Crippen molar-refractivity contribution in [1.82, 2.24) is 4.90 Å². The highest BCUT2D eigenvalue weighted by molar-refractivity contribution is 7.56. The molecule has 1 aliphatic rings. The second kappa shape index (κ2) is 7.16. The highest BCUT2D eigenvalue weighted by Crippen LogP contribution is 2.75. The molecule has 0 spiro atoms. The Labute approximate surface area is 138 Å². The lowest BCUT2D eigenvalue weighted by molar-refractivity contribution is -0.122. The van der Waals surface area contributed by atoms with Crippen LogP contribution >= 0.6 is 7.60 Å². The van der Waals surface area contributed by atoms with E-state index in [4.69, 9.17) is 9.05 Å². The molecule has 3 atom stereocenters. The minimum atomic E-state index is -3.42. The average Bonchev–Trinajstić information content (AvgIpc) is 3.22. The van der Waals surface area contributed by atoms with Gasteiger partial charge in [-0.3, -0.25) is 9.36 Å². The van der Waals surface area contributed by atoms with Crippen molar-refractivity contribution < 1.29 is 18.4 Å². The quantitative estimate of drug-likeness (QED) is 0.499. The van der Waals surface area contributed by atoms with Crippen LogP contribution < -0.4 is 0 Å². The topological polar surface area (TPSA) is 55.8 Å². The number of carbonyl (C=O) groups excluding carboxylic acids is 1. The number of hydrogen-bond donors (Lipinski definition) is 0. The second-order valence-electron chi connectivity index (χ2n) is 5.92. The zero-order chi connectivity index (χ0) is 17.1. The molecule has 6 heteroatoms. The molecule has 0 saturated heterocycles. The molecular weight excluding hydrogens is 313 g/mol. The third-order valence-corrected chi connectivity index (χ3v) is 7.57. The van der Waals surface area contributed by atoms with E-state index >= 15 is 0 Å². The fourth-order valence-electron chi connectivity index (χ4n) is 3.29. The van der Waals surface area contributed by atoms with Crippen LogP contribution in [0, 0.1) is 5.92 Å². The van der Waals surface area contributed by atoms with Crippen LogP contribution in [0.5, 0.6) is 0 Å². The van der Waals surface area contributed by atoms with Crippen molar-refractivity contribution in [3.8, 4) is 0 Å². The molecule has 1 aromatic carbocycles. The van der Waals surface area contributed by atoms with Gasteiger partial charge in [0.15, 0.2) is 0 Å². The summed E-state index contributed by atoms with van der Waals surface area (Å²) in [5, 5.41) is -0.865. The van der Waals surface area contributed by atoms with E-state index in [1.54, 1.807) is 18.7 Å². The first-order valence-corrected chi connectivity index (χ1v) is 9.69. The fourth-order valence-corrected chi connectivity index (χ4v) is 6.03. The van der Waals surface area contributed by atoms with Gasteiger partial charge in [-0.1, -0.05) is 37.3 Å². The summed E-state index contributed by atoms with van der Waals surface area (Å²) >= 11 is 0. The van der Waals surface area contributed by atoms with Gasteiger partial charge >= 0.3 is 7.60 Å². The molecule has 1 aliphatic carbocycles. The van der Waals surface area contributed by atoms with E-state index in [9.17, 15) is 9.36 Å². The molecular formula is C17H26NO4P. The maximum absolute atomic E-state index is 13.4. The average molecular weight is 339 g/mol. The third kappa shape index (κ3) is 3.10. The van der Waals surface area contributed by atoms with E-state index in [0.29, 0.717) is 6.42 Å². The number of nitrogens with zero attached hydrogens (tertiary/aromatic N) is 1. The number of rotatable bonds is 9. The monoisotopic (exact) mass is 339 g/mol. The Kier molecular flexibility index (Phi) is 5.66. The Morgan fingerprint density at radius 2 is 1.83 bits per heavy atom. The van der Waals surface area contributed by atoms with Gasteiger partial charge in [0.05, 0.1) is 19.3 Å². The predicted octanol–water partition coefficient (Wildman–Crippen LogP) is 4.21. The summed E-state index contributed by atoms with van der Waals surface area (Å²) in [6, 6.07) is 9.53. The van der Waals surface area contributed by atoms with Crippen LogP contribution in [0.15, 0.2) is 30.3 Å². The Balaban J connectivity index is 2.40. The van der Waals surface area contributed by atoms with Crippen molar-refractivity contribution in [1.29, 1.82) is 0 Å². The van der Waals surface area contributed by atoms with Crippen LogP contribution in [0.3, 0.4) is 0 Å². The summed E-state index contributed by atoms with van der Waals surface area (Å²) in [5.74, 6) is 0.0720. The Hall–Kier alpha value is -1.16. The number of hydrogen-bond acceptors (Lipinski definition) is 4. The van der Waals surface area contributed by atoms with Crippen LogP contribution in [0.2, 0.25) is 0 Å². The van der Waals surface area contributed by atoms with E-state index in [-0.39, 0.29) is 25.2 Å². The zero-order valence-corrected chi connectivity index (χ0v) is 15.2. The molecule has 5 nitrogen and oxygen atoms in total. The minimum absolute atomic E-state index is 0.0720. The van der Waals surface area contributed by atoms with Crippen LogP contribution in [0.4, 0.5) is 0 Å². The summed E-state index contributed by atoms with van der Waals surface area (Å²) in [7, 11) is -3.42. The Bertz CT molecular complexity index is 569. The smallest absolute Gasteiger partial charge is 0.321 e. The van der Waals surface area contributed by atoms with E-state index < -0.39 is 12.9 Å². The van der Waals surface area contributed by atoms with Gasteiger partial charge in [0.25, 0.3) is 0 Å². The summed E-state index contributed by atoms with van der Waals surface area (Å²) in [6.07, 6.45) is 1.41. The van der Waals surface area contributed by atoms with Crippen LogP contribution in [0.1, 0.15) is 45.7 Å². The van der Waals surface area contributed by atoms with Crippen molar-refractivity contribution in [3.05, 3.63) is 35.9 Å². The lowest BCUT2D eigenvalue weighted by Crippen LogP contribution is -2.40. The van der Waals surface area contributed by atoms with Gasteiger partial charge in [-0.25, -0.2) is 0 Å². The molecule has 1 fully saturated rings. The first-order valence-electron chi connectivity index (χ1n) is 8.14. The lowest BCUT2D eigenvalue weighted by atomic mass is 10.1. The summed E-state index contributed by atoms with van der Waals surface area (Å²) in [5.41, 5.74) is 0.998. The molecule has 0 bridgehead atoms. The first kappa shape index (κ1) is 18.2. The van der Waals surface area contributed by atoms with Gasteiger partial charge in [0, 0.05) is 0 Å². The Morgan fingerprint density at radius 3 is 2.22 bits per heavy atom. The molecule has 0 N–H and O–H groups in total. The molecule has 0 aliphatic heterocycles. The molecule has 2 rings (SSSR count). The standard InChI is InChI=1S/C17H26NO4P/c1-5-21-23(20,22-6-2)17(12-14(17)3)18(13-19)15(4)16-10-8-7-9-11-16/h7-11,13-15H,5-6,12H2,1-4H3/t14-,15+,17-/m1/s1. The number of carbonyl (C=O) groups is 1. The van der Waals surface area contributed by atoms with Gasteiger partial charge in [-0.2, -0.15) is 0 Å². The summed E-state index contributed by atoms with van der Waals surface area (Å²) < 4.78 is 24.5. The summed E-state index contributed by atoms with van der Waals surface area (Å²) in [4.78, 5) is 13.5. The zero-order valence-electron chi connectivity index (χ0n) is 14.3. The molecule has 128 valence electrons. The minimum Gasteiger partial charge on any atom is -0.321 e. The van der Waals surface area contributed by atoms with Gasteiger partial charge in [-0.15, -0.1) is 0 Å². The van der Waals surface area contributed by atoms with Crippen molar-refractivity contribution in [3.63, 3.8) is 0 Å². The maximum Gasteiger partial charge on any atom is 0.356 e. The Morgan fingerprint density at radius 1 is 1.30 bits per heavy atom. The van der Waals surface area contributed by atoms with Crippen LogP contribution in [0.25, 0.3) is 0 Å². The molecule has 0 radical (unpaired) electrons. The van der Waals surface area contributed by atoms with E-state index in [2.05, 4.69) is 0 Å². The largest absolute Gasteiger partial charge is 0.356 e. The van der Waals surface area contributed by atoms with Crippen molar-refractivity contribution in [2.75, 3.05) is 13.2 Å². The van der Waals surface area contributed by atoms with Gasteiger partial charge in [0.1, 0.15) is 5.28 Å². The number of amides is 1. The van der Waals surface area contributed by atoms with Gasteiger partial charge in [0.2, 0.25) is 6.41 Å². The molecule has 0 heterocycles. The molecule has 0 unspecified atom stereocenters.